The average molecular weight is 367 g/mol. The van der Waals surface area contributed by atoms with Gasteiger partial charge in [0.2, 0.25) is 0 Å². The molecule has 1 aliphatic heterocycles. The third kappa shape index (κ3) is 5.00. The van der Waals surface area contributed by atoms with Crippen molar-refractivity contribution in [1.29, 1.82) is 0 Å². The Bertz CT molecular complexity index is 848. The molecule has 0 amide bonds. The third-order valence-electron chi connectivity index (χ3n) is 4.91. The van der Waals surface area contributed by atoms with Crippen molar-refractivity contribution in [2.24, 2.45) is 0 Å². The van der Waals surface area contributed by atoms with E-state index in [4.69, 9.17) is 14.2 Å². The molecule has 1 aliphatic rings. The van der Waals surface area contributed by atoms with Crippen LogP contribution in [0.1, 0.15) is 37.0 Å². The van der Waals surface area contributed by atoms with E-state index in [0.717, 1.165) is 17.6 Å². The largest absolute Gasteiger partial charge is 0.493 e. The first-order valence-corrected chi connectivity index (χ1v) is 9.60. The molecule has 27 heavy (non-hydrogen) atoms. The fourth-order valence-corrected chi connectivity index (χ4v) is 3.31. The van der Waals surface area contributed by atoms with E-state index in [2.05, 4.69) is 64.6 Å². The molecule has 1 heterocycles. The number of allylic oxidation sites excluding steroid dienone is 2. The summed E-state index contributed by atoms with van der Waals surface area (Å²) in [5.41, 5.74) is 3.57. The Kier molecular flexibility index (Phi) is 6.03. The van der Waals surface area contributed by atoms with Crippen LogP contribution in [-0.4, -0.2) is 24.9 Å². The molecule has 0 spiro atoms. The number of epoxide rings is 1. The van der Waals surface area contributed by atoms with Gasteiger partial charge in [0.1, 0.15) is 11.9 Å². The van der Waals surface area contributed by atoms with E-state index in [1.165, 1.54) is 22.1 Å². The number of fused-ring (bicyclic) bond motifs is 1. The van der Waals surface area contributed by atoms with E-state index in [-0.39, 0.29) is 11.7 Å². The lowest BCUT2D eigenvalue weighted by Gasteiger charge is -2.14. The van der Waals surface area contributed by atoms with E-state index in [9.17, 15) is 0 Å². The van der Waals surface area contributed by atoms with Gasteiger partial charge in [0, 0.05) is 5.39 Å². The Labute approximate surface area is 162 Å². The van der Waals surface area contributed by atoms with Crippen LogP contribution < -0.4 is 4.74 Å². The van der Waals surface area contributed by atoms with Crippen LogP contribution in [0.5, 0.6) is 5.75 Å². The summed E-state index contributed by atoms with van der Waals surface area (Å²) in [6, 6.07) is 8.73. The summed E-state index contributed by atoms with van der Waals surface area (Å²) in [4.78, 5) is 0. The maximum absolute atomic E-state index is 6.09. The molecular weight excluding hydrogens is 336 g/mol. The van der Waals surface area contributed by atoms with Gasteiger partial charge in [-0.3, -0.25) is 0 Å². The van der Waals surface area contributed by atoms with Crippen LogP contribution in [0.15, 0.2) is 49.1 Å². The van der Waals surface area contributed by atoms with Crippen molar-refractivity contribution >= 4 is 10.8 Å². The Hall–Kier alpha value is -2.10. The first kappa shape index (κ1) is 19.7. The fraction of sp³-hybridized carbons (Fsp3) is 0.417. The van der Waals surface area contributed by atoms with E-state index < -0.39 is 0 Å². The highest BCUT2D eigenvalue weighted by molar-refractivity contribution is 5.92. The molecule has 1 fully saturated rings. The summed E-state index contributed by atoms with van der Waals surface area (Å²) in [5.74, 6) is 0.939. The Balaban J connectivity index is 1.77. The highest BCUT2D eigenvalue weighted by atomic mass is 16.6. The molecule has 3 heteroatoms. The molecule has 0 aromatic heterocycles. The quantitative estimate of drug-likeness (QED) is 0.326. The standard InChI is InChI=1S/C24H30O3/c1-6-7-8-9-10-26-22-14-18(3)12-20-19(11-17(2)13-21(20)22)15-25-16-23-24(4,5)27-23/h6-8,11-14,23H,1,9-10,15-16H2,2-5H3. The molecule has 0 saturated carbocycles. The predicted molar refractivity (Wildman–Crippen MR) is 111 cm³/mol. The maximum Gasteiger partial charge on any atom is 0.127 e. The van der Waals surface area contributed by atoms with Gasteiger partial charge in [0.05, 0.1) is 25.4 Å². The zero-order chi connectivity index (χ0) is 19.4. The van der Waals surface area contributed by atoms with E-state index in [0.29, 0.717) is 19.8 Å². The highest BCUT2D eigenvalue weighted by Crippen LogP contribution is 2.36. The van der Waals surface area contributed by atoms with Crippen LogP contribution in [-0.2, 0) is 16.1 Å². The van der Waals surface area contributed by atoms with Gasteiger partial charge in [-0.1, -0.05) is 36.9 Å². The fourth-order valence-electron chi connectivity index (χ4n) is 3.31. The third-order valence-corrected chi connectivity index (χ3v) is 4.91. The van der Waals surface area contributed by atoms with Crippen LogP contribution >= 0.6 is 0 Å². The number of aryl methyl sites for hydroxylation is 2. The van der Waals surface area contributed by atoms with Gasteiger partial charge >= 0.3 is 0 Å². The second kappa shape index (κ2) is 8.28. The Morgan fingerprint density at radius 3 is 2.52 bits per heavy atom. The van der Waals surface area contributed by atoms with Crippen LogP contribution in [0.25, 0.3) is 10.8 Å². The lowest BCUT2D eigenvalue weighted by Crippen LogP contribution is -2.10. The van der Waals surface area contributed by atoms with Crippen LogP contribution in [0.2, 0.25) is 0 Å². The van der Waals surface area contributed by atoms with Gasteiger partial charge in [0.15, 0.2) is 0 Å². The molecule has 1 unspecified atom stereocenters. The normalized spacial score (nSPS) is 18.1. The smallest absolute Gasteiger partial charge is 0.127 e. The van der Waals surface area contributed by atoms with Crippen LogP contribution in [0.4, 0.5) is 0 Å². The topological polar surface area (TPSA) is 31.0 Å². The Morgan fingerprint density at radius 1 is 1.11 bits per heavy atom. The minimum atomic E-state index is -0.0354. The zero-order valence-corrected chi connectivity index (χ0v) is 16.9. The molecular formula is C24H30O3. The SMILES string of the molecule is C=CC=CCCOc1cc(C)cc2c(COCC3OC3(C)C)cc(C)cc12. The molecule has 2 aromatic rings. The Morgan fingerprint density at radius 2 is 1.81 bits per heavy atom. The van der Waals surface area contributed by atoms with Gasteiger partial charge in [-0.2, -0.15) is 0 Å². The highest BCUT2D eigenvalue weighted by Gasteiger charge is 2.47. The van der Waals surface area contributed by atoms with Gasteiger partial charge in [0.25, 0.3) is 0 Å². The molecule has 3 rings (SSSR count). The van der Waals surface area contributed by atoms with Crippen molar-refractivity contribution in [3.63, 3.8) is 0 Å². The molecule has 144 valence electrons. The molecule has 0 aliphatic carbocycles. The number of benzene rings is 2. The summed E-state index contributed by atoms with van der Waals surface area (Å²) >= 11 is 0. The lowest BCUT2D eigenvalue weighted by molar-refractivity contribution is 0.105. The summed E-state index contributed by atoms with van der Waals surface area (Å²) in [6.45, 7) is 14.0. The van der Waals surface area contributed by atoms with Gasteiger partial charge in [-0.15, -0.1) is 0 Å². The van der Waals surface area contributed by atoms with Crippen LogP contribution in [0, 0.1) is 13.8 Å². The maximum atomic E-state index is 6.09. The molecule has 0 N–H and O–H groups in total. The van der Waals surface area contributed by atoms with Crippen molar-refractivity contribution < 1.29 is 14.2 Å². The number of rotatable bonds is 9. The first-order valence-electron chi connectivity index (χ1n) is 9.60. The molecule has 2 aromatic carbocycles. The van der Waals surface area contributed by atoms with E-state index >= 15 is 0 Å². The second-order valence-electron chi connectivity index (χ2n) is 7.81. The minimum absolute atomic E-state index is 0.0354. The number of hydrogen-bond donors (Lipinski definition) is 0. The second-order valence-corrected chi connectivity index (χ2v) is 7.81. The summed E-state index contributed by atoms with van der Waals surface area (Å²) in [7, 11) is 0. The molecule has 1 saturated heterocycles. The number of hydrogen-bond acceptors (Lipinski definition) is 3. The average Bonchev–Trinajstić information content (AvgIpc) is 3.22. The zero-order valence-electron chi connectivity index (χ0n) is 16.9. The van der Waals surface area contributed by atoms with Crippen molar-refractivity contribution in [2.75, 3.05) is 13.2 Å². The molecule has 1 atom stereocenters. The predicted octanol–water partition coefficient (Wildman–Crippen LogP) is 5.66. The lowest BCUT2D eigenvalue weighted by atomic mass is 9.99. The summed E-state index contributed by atoms with van der Waals surface area (Å²) in [6.07, 6.45) is 6.86. The molecule has 0 bridgehead atoms. The first-order chi connectivity index (χ1) is 12.9. The molecule has 0 radical (unpaired) electrons. The monoisotopic (exact) mass is 366 g/mol. The van der Waals surface area contributed by atoms with E-state index in [1.54, 1.807) is 6.08 Å². The van der Waals surface area contributed by atoms with Gasteiger partial charge < -0.3 is 14.2 Å². The summed E-state index contributed by atoms with van der Waals surface area (Å²) < 4.78 is 17.7. The molecule has 3 nitrogen and oxygen atoms in total. The van der Waals surface area contributed by atoms with E-state index in [1.807, 2.05) is 6.08 Å². The van der Waals surface area contributed by atoms with Gasteiger partial charge in [-0.25, -0.2) is 0 Å². The number of ether oxygens (including phenoxy) is 3. The summed E-state index contributed by atoms with van der Waals surface area (Å²) in [5, 5.41) is 2.35. The van der Waals surface area contributed by atoms with Crippen molar-refractivity contribution in [3.05, 3.63) is 65.8 Å². The minimum Gasteiger partial charge on any atom is -0.493 e. The van der Waals surface area contributed by atoms with Crippen molar-refractivity contribution in [1.82, 2.24) is 0 Å². The van der Waals surface area contributed by atoms with Gasteiger partial charge in [-0.05, 0) is 68.3 Å². The van der Waals surface area contributed by atoms with Crippen molar-refractivity contribution in [3.8, 4) is 5.75 Å². The van der Waals surface area contributed by atoms with Crippen LogP contribution in [0.3, 0.4) is 0 Å². The van der Waals surface area contributed by atoms with Crippen molar-refractivity contribution in [2.45, 2.75) is 52.4 Å².